The molecule has 0 aliphatic heterocycles. The number of rotatable bonds is 7. The maximum absolute atomic E-state index is 11.9. The summed E-state index contributed by atoms with van der Waals surface area (Å²) in [5, 5.41) is 8.90. The molecule has 0 spiro atoms. The van der Waals surface area contributed by atoms with E-state index in [4.69, 9.17) is 9.84 Å². The summed E-state index contributed by atoms with van der Waals surface area (Å²) in [6, 6.07) is 0. The number of aliphatic hydroxyl groups excluding tert-OH is 1. The largest absolute Gasteiger partial charge is 0.470 e. The molecule has 0 aromatic carbocycles. The van der Waals surface area contributed by atoms with Gasteiger partial charge in [-0.1, -0.05) is 6.08 Å². The minimum absolute atomic E-state index is 0.233. The van der Waals surface area contributed by atoms with Crippen LogP contribution in [0.1, 0.15) is 13.8 Å². The predicted octanol–water partition coefficient (Wildman–Crippen LogP) is 4.15. The number of allylic oxidation sites excluding steroid dienone is 5. The Hall–Kier alpha value is -1.46. The fourth-order valence-corrected chi connectivity index (χ4v) is 1.13. The van der Waals surface area contributed by atoms with Crippen molar-refractivity contribution in [3.63, 3.8) is 0 Å². The molecular weight excluding hydrogens is 313 g/mol. The molecule has 0 unspecified atom stereocenters. The summed E-state index contributed by atoms with van der Waals surface area (Å²) in [6.07, 6.45) is 11.3. The van der Waals surface area contributed by atoms with Crippen molar-refractivity contribution in [3.05, 3.63) is 58.9 Å². The Balaban J connectivity index is 4.45. The lowest BCUT2D eigenvalue weighted by Crippen LogP contribution is -1.85. The van der Waals surface area contributed by atoms with Crippen LogP contribution in [0, 0.1) is 0 Å². The summed E-state index contributed by atoms with van der Waals surface area (Å²) in [5.41, 5.74) is 0.452. The second-order valence-corrected chi connectivity index (χ2v) is 4.23. The molecule has 19 heavy (non-hydrogen) atoms. The molecule has 0 saturated heterocycles. The number of aliphatic hydroxyl groups is 1. The van der Waals surface area contributed by atoms with Crippen molar-refractivity contribution in [2.24, 2.45) is 4.99 Å². The Kier molecular flexibility index (Phi) is 10.7. The van der Waals surface area contributed by atoms with Crippen molar-refractivity contribution in [2.75, 3.05) is 6.61 Å². The van der Waals surface area contributed by atoms with E-state index in [9.17, 15) is 4.39 Å². The smallest absolute Gasteiger partial charge is 0.100 e. The van der Waals surface area contributed by atoms with E-state index < -0.39 is 0 Å². The lowest BCUT2D eigenvalue weighted by atomic mass is 10.2. The molecule has 3 nitrogen and oxygen atoms in total. The second kappa shape index (κ2) is 11.6. The third-order valence-corrected chi connectivity index (χ3v) is 2.29. The summed E-state index contributed by atoms with van der Waals surface area (Å²) in [4.78, 5) is 3.92. The van der Waals surface area contributed by atoms with Gasteiger partial charge in [-0.3, -0.25) is 4.99 Å². The molecule has 1 N–H and O–H groups in total. The summed E-state index contributed by atoms with van der Waals surface area (Å²) in [7, 11) is 0. The number of hydrogen-bond donors (Lipinski definition) is 1. The number of aliphatic imine (C=N–C) groups is 1. The molecule has 0 saturated carbocycles. The third-order valence-electron chi connectivity index (χ3n) is 1.82. The average molecular weight is 330 g/mol. The highest BCUT2D eigenvalue weighted by Crippen LogP contribution is 2.08. The van der Waals surface area contributed by atoms with Crippen LogP contribution in [0.5, 0.6) is 0 Å². The zero-order valence-corrected chi connectivity index (χ0v) is 12.5. The van der Waals surface area contributed by atoms with Gasteiger partial charge in [-0.15, -0.1) is 0 Å². The van der Waals surface area contributed by atoms with Gasteiger partial charge in [0.05, 0.1) is 19.2 Å². The monoisotopic (exact) mass is 329 g/mol. The zero-order chi connectivity index (χ0) is 14.5. The molecule has 0 radical (unpaired) electrons. The lowest BCUT2D eigenvalue weighted by molar-refractivity contribution is 0.334. The minimum atomic E-state index is -0.233. The molecule has 0 amide bonds. The fraction of sp³-hybridized carbons (Fsp3) is 0.214. The predicted molar refractivity (Wildman–Crippen MR) is 80.6 cm³/mol. The van der Waals surface area contributed by atoms with E-state index in [0.29, 0.717) is 17.7 Å². The van der Waals surface area contributed by atoms with Crippen molar-refractivity contribution in [1.29, 1.82) is 0 Å². The number of nitrogens with zero attached hydrogens (tertiary/aromatic N) is 1. The van der Waals surface area contributed by atoms with Gasteiger partial charge in [0.1, 0.15) is 5.76 Å². The molecule has 0 aromatic rings. The van der Waals surface area contributed by atoms with Crippen molar-refractivity contribution in [1.82, 2.24) is 0 Å². The van der Waals surface area contributed by atoms with Gasteiger partial charge < -0.3 is 9.84 Å². The van der Waals surface area contributed by atoms with Crippen LogP contribution in [0.25, 0.3) is 0 Å². The number of hydrogen-bond acceptors (Lipinski definition) is 3. The van der Waals surface area contributed by atoms with E-state index in [0.717, 1.165) is 4.48 Å². The Bertz CT molecular complexity index is 435. The summed E-state index contributed by atoms with van der Waals surface area (Å²) >= 11 is 3.29. The molecule has 0 rings (SSSR count). The third kappa shape index (κ3) is 10.2. The molecule has 0 fully saturated rings. The van der Waals surface area contributed by atoms with Gasteiger partial charge in [0.2, 0.25) is 0 Å². The maximum atomic E-state index is 11.9. The first-order valence-corrected chi connectivity index (χ1v) is 6.35. The van der Waals surface area contributed by atoms with Crippen LogP contribution < -0.4 is 0 Å². The van der Waals surface area contributed by atoms with Crippen LogP contribution >= 0.6 is 15.9 Å². The lowest BCUT2D eigenvalue weighted by Gasteiger charge is -1.98. The topological polar surface area (TPSA) is 41.8 Å². The Morgan fingerprint density at radius 1 is 1.37 bits per heavy atom. The molecule has 0 bridgehead atoms. The average Bonchev–Trinajstić information content (AvgIpc) is 2.41. The van der Waals surface area contributed by atoms with Gasteiger partial charge in [-0.25, -0.2) is 4.39 Å². The minimum Gasteiger partial charge on any atom is -0.470 e. The maximum Gasteiger partial charge on any atom is 0.100 e. The van der Waals surface area contributed by atoms with Crippen molar-refractivity contribution < 1.29 is 14.2 Å². The van der Waals surface area contributed by atoms with Crippen LogP contribution in [0.3, 0.4) is 0 Å². The molecule has 5 heteroatoms. The number of halogens is 2. The summed E-state index contributed by atoms with van der Waals surface area (Å²) in [5.74, 6) is 0.605. The summed E-state index contributed by atoms with van der Waals surface area (Å²) in [6.45, 7) is 3.33. The first-order valence-electron chi connectivity index (χ1n) is 5.55. The highest BCUT2D eigenvalue weighted by molar-refractivity contribution is 9.11. The Morgan fingerprint density at radius 3 is 2.68 bits per heavy atom. The van der Waals surface area contributed by atoms with Crippen molar-refractivity contribution >= 4 is 22.1 Å². The van der Waals surface area contributed by atoms with Gasteiger partial charge in [-0.2, -0.15) is 0 Å². The highest BCUT2D eigenvalue weighted by atomic mass is 79.9. The Labute approximate surface area is 121 Å². The molecule has 0 aromatic heterocycles. The van der Waals surface area contributed by atoms with E-state index in [1.54, 1.807) is 37.6 Å². The van der Waals surface area contributed by atoms with E-state index in [1.165, 1.54) is 12.3 Å². The Morgan fingerprint density at radius 2 is 2.11 bits per heavy atom. The van der Waals surface area contributed by atoms with Crippen LogP contribution in [-0.4, -0.2) is 17.9 Å². The molecule has 104 valence electrons. The molecule has 0 heterocycles. The van der Waals surface area contributed by atoms with Gasteiger partial charge in [0.15, 0.2) is 0 Å². The highest BCUT2D eigenvalue weighted by Gasteiger charge is 1.89. The van der Waals surface area contributed by atoms with Gasteiger partial charge >= 0.3 is 0 Å². The van der Waals surface area contributed by atoms with Crippen LogP contribution in [-0.2, 0) is 4.74 Å². The normalized spacial score (nSPS) is 15.1. The zero-order valence-electron chi connectivity index (χ0n) is 10.9. The SMILES string of the molecule is CC=N/C=C(Br)\C=C\O/C(C)=C/C=C(\C=C\F)CO. The van der Waals surface area contributed by atoms with Crippen LogP contribution in [0.4, 0.5) is 4.39 Å². The first kappa shape index (κ1) is 17.5. The molecule has 0 aliphatic rings. The molecular formula is C14H17BrFNO2. The van der Waals surface area contributed by atoms with Gasteiger partial charge in [0, 0.05) is 16.9 Å². The standard InChI is InChI=1S/C14H17BrFNO2/c1-3-17-10-14(15)7-9-19-12(2)4-5-13(11-18)6-8-16/h3-10,18H,11H2,1-2H3/b8-6+,9-7+,12-4+,13-5+,14-10+,17-3?. The quantitative estimate of drug-likeness (QED) is 0.433. The van der Waals surface area contributed by atoms with Gasteiger partial charge in [-0.05, 0) is 53.6 Å². The van der Waals surface area contributed by atoms with Crippen molar-refractivity contribution in [3.8, 4) is 0 Å². The van der Waals surface area contributed by atoms with Crippen LogP contribution in [0.15, 0.2) is 63.9 Å². The first-order chi connectivity index (χ1) is 9.13. The van der Waals surface area contributed by atoms with Gasteiger partial charge in [0.25, 0.3) is 0 Å². The number of ether oxygens (including phenoxy) is 1. The fourth-order valence-electron chi connectivity index (χ4n) is 0.901. The van der Waals surface area contributed by atoms with E-state index in [1.807, 2.05) is 6.92 Å². The summed E-state index contributed by atoms with van der Waals surface area (Å²) < 4.78 is 18.0. The van der Waals surface area contributed by atoms with Crippen molar-refractivity contribution in [2.45, 2.75) is 13.8 Å². The van der Waals surface area contributed by atoms with Crippen LogP contribution in [0.2, 0.25) is 0 Å². The van der Waals surface area contributed by atoms with E-state index in [2.05, 4.69) is 20.9 Å². The second-order valence-electron chi connectivity index (χ2n) is 3.31. The molecule has 0 atom stereocenters. The van der Waals surface area contributed by atoms with E-state index >= 15 is 0 Å². The van der Waals surface area contributed by atoms with E-state index in [-0.39, 0.29) is 6.61 Å². The molecule has 0 aliphatic carbocycles.